The van der Waals surface area contributed by atoms with Gasteiger partial charge >= 0.3 is 0 Å². The molecule has 1 unspecified atom stereocenters. The third kappa shape index (κ3) is 4.26. The van der Waals surface area contributed by atoms with Gasteiger partial charge in [0.05, 0.1) is 5.92 Å². The molecular weight excluding hydrogens is 482 g/mol. The Labute approximate surface area is 216 Å². The van der Waals surface area contributed by atoms with Crippen molar-refractivity contribution in [2.45, 2.75) is 56.9 Å². The molecule has 7 heteroatoms. The summed E-state index contributed by atoms with van der Waals surface area (Å²) in [4.78, 5) is 30.4. The van der Waals surface area contributed by atoms with Crippen LogP contribution in [-0.4, -0.2) is 53.7 Å². The van der Waals surface area contributed by atoms with Crippen molar-refractivity contribution < 1.29 is 18.4 Å². The Morgan fingerprint density at radius 1 is 1.11 bits per heavy atom. The van der Waals surface area contributed by atoms with Gasteiger partial charge in [0.1, 0.15) is 17.9 Å². The molecule has 5 rings (SSSR count). The summed E-state index contributed by atoms with van der Waals surface area (Å²) in [5.74, 6) is -2.06. The Bertz CT molecular complexity index is 1190. The molecule has 0 radical (unpaired) electrons. The Morgan fingerprint density at radius 2 is 1.81 bits per heavy atom. The molecule has 2 aromatic carbocycles. The number of nitrogens with zero attached hydrogens (tertiary/aromatic N) is 2. The minimum absolute atomic E-state index is 0.0790. The predicted octanol–water partition coefficient (Wildman–Crippen LogP) is 5.56. The second-order valence-electron chi connectivity index (χ2n) is 11.6. The average molecular weight is 515 g/mol. The fourth-order valence-electron chi connectivity index (χ4n) is 6.06. The minimum Gasteiger partial charge on any atom is -0.342 e. The summed E-state index contributed by atoms with van der Waals surface area (Å²) < 4.78 is 29.7. The topological polar surface area (TPSA) is 40.6 Å². The lowest BCUT2D eigenvalue weighted by molar-refractivity contribution is -0.136. The lowest BCUT2D eigenvalue weighted by atomic mass is 9.65. The van der Waals surface area contributed by atoms with Crippen LogP contribution in [0.15, 0.2) is 36.4 Å². The summed E-state index contributed by atoms with van der Waals surface area (Å²) in [6, 6.07) is 9.06. The Hall–Kier alpha value is -2.31. The molecule has 0 N–H and O–H groups in total. The van der Waals surface area contributed by atoms with E-state index < -0.39 is 28.9 Å². The Balaban J connectivity index is 1.76. The van der Waals surface area contributed by atoms with E-state index in [9.17, 15) is 14.0 Å². The van der Waals surface area contributed by atoms with Gasteiger partial charge in [-0.3, -0.25) is 9.69 Å². The molecule has 192 valence electrons. The van der Waals surface area contributed by atoms with Gasteiger partial charge in [0.2, 0.25) is 5.91 Å². The number of benzene rings is 2. The highest BCUT2D eigenvalue weighted by molar-refractivity contribution is 6.30. The zero-order valence-electron chi connectivity index (χ0n) is 21.1. The molecule has 3 aliphatic rings. The summed E-state index contributed by atoms with van der Waals surface area (Å²) in [6.07, 6.45) is 3.78. The predicted molar refractivity (Wildman–Crippen MR) is 136 cm³/mol. The first-order valence-electron chi connectivity index (χ1n) is 12.8. The van der Waals surface area contributed by atoms with Crippen molar-refractivity contribution in [3.8, 4) is 0 Å². The van der Waals surface area contributed by atoms with Crippen LogP contribution in [0.1, 0.15) is 62.6 Å². The van der Waals surface area contributed by atoms with E-state index in [0.29, 0.717) is 18.1 Å². The molecule has 3 atom stereocenters. The number of rotatable bonds is 6. The number of hydrogen-bond acceptors (Lipinski definition) is 3. The normalized spacial score (nSPS) is 25.5. The second-order valence-corrected chi connectivity index (χ2v) is 12.1. The quantitative estimate of drug-likeness (QED) is 0.474. The van der Waals surface area contributed by atoms with Gasteiger partial charge in [0, 0.05) is 59.7 Å². The zero-order chi connectivity index (χ0) is 25.8. The molecule has 2 aromatic rings. The smallest absolute Gasteiger partial charge is 0.230 e. The molecule has 2 heterocycles. The number of carbonyl (C=O) groups excluding carboxylic acids is 2. The van der Waals surface area contributed by atoms with Crippen LogP contribution in [0.5, 0.6) is 0 Å². The molecule has 1 aliphatic carbocycles. The molecule has 0 spiro atoms. The fraction of sp³-hybridized carbons (Fsp3) is 0.517. The average Bonchev–Trinajstić information content (AvgIpc) is 3.50. The first kappa shape index (κ1) is 25.3. The van der Waals surface area contributed by atoms with Crippen molar-refractivity contribution in [2.75, 3.05) is 26.2 Å². The Morgan fingerprint density at radius 3 is 2.36 bits per heavy atom. The van der Waals surface area contributed by atoms with Crippen molar-refractivity contribution in [1.82, 2.24) is 9.80 Å². The molecule has 3 fully saturated rings. The van der Waals surface area contributed by atoms with Gasteiger partial charge in [-0.1, -0.05) is 23.7 Å². The van der Waals surface area contributed by atoms with Crippen molar-refractivity contribution in [3.05, 3.63) is 69.7 Å². The molecule has 4 nitrogen and oxygen atoms in total. The zero-order valence-corrected chi connectivity index (χ0v) is 21.8. The van der Waals surface area contributed by atoms with Crippen LogP contribution in [0.2, 0.25) is 5.02 Å². The lowest BCUT2D eigenvalue weighted by Crippen LogP contribution is -2.46. The van der Waals surface area contributed by atoms with E-state index in [1.165, 1.54) is 12.1 Å². The molecule has 1 saturated carbocycles. The van der Waals surface area contributed by atoms with Crippen LogP contribution in [0.25, 0.3) is 0 Å². The first-order chi connectivity index (χ1) is 17.1. The van der Waals surface area contributed by atoms with Crippen LogP contribution in [0.3, 0.4) is 0 Å². The third-order valence-corrected chi connectivity index (χ3v) is 8.61. The van der Waals surface area contributed by atoms with Crippen molar-refractivity contribution in [2.24, 2.45) is 11.8 Å². The van der Waals surface area contributed by atoms with E-state index in [1.54, 1.807) is 6.07 Å². The van der Waals surface area contributed by atoms with Gasteiger partial charge in [0.15, 0.2) is 0 Å². The SMILES string of the molecule is CC(C)(C)N1C[C@@H](C=O)[C@](c2ccc(F)cc2F)(c2ccc(Cl)cc2C(C(=O)N2CCC2)C2CC2)C1. The molecule has 2 aliphatic heterocycles. The van der Waals surface area contributed by atoms with E-state index in [4.69, 9.17) is 11.6 Å². The third-order valence-electron chi connectivity index (χ3n) is 8.37. The maximum atomic E-state index is 15.6. The van der Waals surface area contributed by atoms with Gasteiger partial charge < -0.3 is 9.69 Å². The molecule has 0 bridgehead atoms. The molecule has 1 amide bonds. The highest BCUT2D eigenvalue weighted by atomic mass is 35.5. The minimum atomic E-state index is -1.09. The van der Waals surface area contributed by atoms with E-state index in [0.717, 1.165) is 55.8 Å². The van der Waals surface area contributed by atoms with Gasteiger partial charge in [-0.25, -0.2) is 8.78 Å². The molecular formula is C29H33ClF2N2O2. The maximum absolute atomic E-state index is 15.6. The number of likely N-dealkylation sites (tertiary alicyclic amines) is 2. The van der Waals surface area contributed by atoms with Gasteiger partial charge in [-0.15, -0.1) is 0 Å². The molecule has 0 aromatic heterocycles. The molecule has 2 saturated heterocycles. The van der Waals surface area contributed by atoms with E-state index in [2.05, 4.69) is 25.7 Å². The monoisotopic (exact) mass is 514 g/mol. The van der Waals surface area contributed by atoms with Crippen LogP contribution in [-0.2, 0) is 15.0 Å². The second kappa shape index (κ2) is 9.21. The largest absolute Gasteiger partial charge is 0.342 e. The number of aldehydes is 1. The molecule has 36 heavy (non-hydrogen) atoms. The van der Waals surface area contributed by atoms with Crippen LogP contribution in [0, 0.1) is 23.5 Å². The van der Waals surface area contributed by atoms with E-state index in [1.807, 2.05) is 17.0 Å². The lowest BCUT2D eigenvalue weighted by Gasteiger charge is -2.40. The summed E-state index contributed by atoms with van der Waals surface area (Å²) in [6.45, 7) is 8.47. The maximum Gasteiger partial charge on any atom is 0.230 e. The number of hydrogen-bond donors (Lipinski definition) is 0. The first-order valence-corrected chi connectivity index (χ1v) is 13.2. The van der Waals surface area contributed by atoms with Crippen LogP contribution >= 0.6 is 11.6 Å². The van der Waals surface area contributed by atoms with Crippen molar-refractivity contribution in [1.29, 1.82) is 0 Å². The summed E-state index contributed by atoms with van der Waals surface area (Å²) in [5.41, 5.74) is 0.424. The number of amides is 1. The van der Waals surface area contributed by atoms with E-state index >= 15 is 4.39 Å². The summed E-state index contributed by atoms with van der Waals surface area (Å²) in [5, 5.41) is 0.499. The van der Waals surface area contributed by atoms with Crippen LogP contribution < -0.4 is 0 Å². The van der Waals surface area contributed by atoms with E-state index in [-0.39, 0.29) is 22.9 Å². The van der Waals surface area contributed by atoms with Gasteiger partial charge in [-0.05, 0) is 75.3 Å². The van der Waals surface area contributed by atoms with Crippen molar-refractivity contribution in [3.63, 3.8) is 0 Å². The number of carbonyl (C=O) groups is 2. The summed E-state index contributed by atoms with van der Waals surface area (Å²) in [7, 11) is 0. The van der Waals surface area contributed by atoms with Crippen molar-refractivity contribution >= 4 is 23.8 Å². The van der Waals surface area contributed by atoms with Gasteiger partial charge in [-0.2, -0.15) is 0 Å². The number of halogens is 3. The van der Waals surface area contributed by atoms with Gasteiger partial charge in [0.25, 0.3) is 0 Å². The standard InChI is InChI=1S/C29H33ClF2N2O2/c1-28(2,3)34-15-19(16-35)29(17-34,24-10-8-21(31)14-25(24)32)23-9-7-20(30)13-22(23)26(18-5-6-18)27(36)33-11-4-12-33/h7-10,13-14,16,18-19,26H,4-6,11-12,15,17H2,1-3H3/t19-,26?,29-/m0/s1. The highest BCUT2D eigenvalue weighted by Gasteiger charge is 2.54. The fourth-order valence-corrected chi connectivity index (χ4v) is 6.24. The highest BCUT2D eigenvalue weighted by Crippen LogP contribution is 2.53. The Kier molecular flexibility index (Phi) is 6.49. The van der Waals surface area contributed by atoms with Crippen LogP contribution in [0.4, 0.5) is 8.78 Å². The summed E-state index contributed by atoms with van der Waals surface area (Å²) >= 11 is 6.51.